The highest BCUT2D eigenvalue weighted by molar-refractivity contribution is 5.64. The van der Waals surface area contributed by atoms with Gasteiger partial charge in [-0.15, -0.1) is 0 Å². The summed E-state index contributed by atoms with van der Waals surface area (Å²) in [7, 11) is 0. The molecule has 2 rings (SSSR count). The largest absolute Gasteiger partial charge is 0.336 e. The second-order valence-corrected chi connectivity index (χ2v) is 4.54. The fraction of sp³-hybridized carbons (Fsp3) is 0.357. The molecule has 0 saturated carbocycles. The van der Waals surface area contributed by atoms with Crippen LogP contribution in [0.4, 0.5) is 0 Å². The molecule has 0 saturated heterocycles. The minimum atomic E-state index is 0.641. The van der Waals surface area contributed by atoms with Crippen LogP contribution in [0.2, 0.25) is 0 Å². The Labute approximate surface area is 102 Å². The molecule has 0 bridgehead atoms. The number of hydrogen-bond donors (Lipinski definition) is 1. The van der Waals surface area contributed by atoms with Gasteiger partial charge < -0.3 is 10.3 Å². The molecule has 0 aliphatic rings. The Morgan fingerprint density at radius 1 is 1.12 bits per heavy atom. The van der Waals surface area contributed by atoms with Gasteiger partial charge in [0.15, 0.2) is 0 Å². The molecule has 0 atom stereocenters. The van der Waals surface area contributed by atoms with E-state index in [2.05, 4.69) is 44.1 Å². The number of nitrogens with zero attached hydrogens (tertiary/aromatic N) is 2. The normalized spacial score (nSPS) is 10.8. The maximum absolute atomic E-state index is 5.53. The van der Waals surface area contributed by atoms with Crippen LogP contribution in [0.15, 0.2) is 24.7 Å². The third-order valence-electron chi connectivity index (χ3n) is 3.14. The van der Waals surface area contributed by atoms with Gasteiger partial charge in [0.25, 0.3) is 0 Å². The topological polar surface area (TPSA) is 43.8 Å². The van der Waals surface area contributed by atoms with E-state index in [0.717, 1.165) is 12.2 Å². The lowest BCUT2D eigenvalue weighted by Crippen LogP contribution is -2.07. The van der Waals surface area contributed by atoms with Gasteiger partial charge in [0.05, 0.1) is 12.0 Å². The van der Waals surface area contributed by atoms with Gasteiger partial charge in [0, 0.05) is 24.8 Å². The molecule has 0 aliphatic heterocycles. The van der Waals surface area contributed by atoms with Crippen molar-refractivity contribution < 1.29 is 0 Å². The summed E-state index contributed by atoms with van der Waals surface area (Å²) in [4.78, 5) is 4.44. The van der Waals surface area contributed by atoms with Crippen LogP contribution in [0.1, 0.15) is 16.7 Å². The predicted molar refractivity (Wildman–Crippen MR) is 70.9 cm³/mol. The third-order valence-corrected chi connectivity index (χ3v) is 3.14. The molecular weight excluding hydrogens is 210 g/mol. The molecule has 2 N–H and O–H groups in total. The van der Waals surface area contributed by atoms with Crippen molar-refractivity contribution in [2.24, 2.45) is 5.73 Å². The molecule has 2 aromatic rings. The first-order chi connectivity index (χ1) is 8.11. The zero-order valence-corrected chi connectivity index (χ0v) is 10.7. The average molecular weight is 229 g/mol. The Kier molecular flexibility index (Phi) is 3.29. The Bertz CT molecular complexity index is 526. The minimum Gasteiger partial charge on any atom is -0.336 e. The van der Waals surface area contributed by atoms with Crippen molar-refractivity contribution in [1.82, 2.24) is 9.55 Å². The second-order valence-electron chi connectivity index (χ2n) is 4.54. The van der Waals surface area contributed by atoms with Gasteiger partial charge >= 0.3 is 0 Å². The summed E-state index contributed by atoms with van der Waals surface area (Å²) in [6, 6.07) is 4.42. The highest BCUT2D eigenvalue weighted by atomic mass is 15.0. The summed E-state index contributed by atoms with van der Waals surface area (Å²) in [6.07, 6.45) is 3.90. The van der Waals surface area contributed by atoms with Gasteiger partial charge in [-0.2, -0.15) is 0 Å². The lowest BCUT2D eigenvalue weighted by Gasteiger charge is -2.07. The SMILES string of the molecule is Cc1cc(C)c(-c2cn(CCN)cn2)cc1C. The van der Waals surface area contributed by atoms with E-state index >= 15 is 0 Å². The smallest absolute Gasteiger partial charge is 0.0954 e. The van der Waals surface area contributed by atoms with E-state index in [-0.39, 0.29) is 0 Å². The number of hydrogen-bond acceptors (Lipinski definition) is 2. The second kappa shape index (κ2) is 4.72. The monoisotopic (exact) mass is 229 g/mol. The van der Waals surface area contributed by atoms with Gasteiger partial charge in [-0.05, 0) is 43.5 Å². The van der Waals surface area contributed by atoms with E-state index in [0.29, 0.717) is 6.54 Å². The van der Waals surface area contributed by atoms with E-state index < -0.39 is 0 Å². The van der Waals surface area contributed by atoms with Crippen LogP contribution >= 0.6 is 0 Å². The molecule has 3 nitrogen and oxygen atoms in total. The standard InChI is InChI=1S/C14H19N3/c1-10-6-12(3)13(7-11(10)2)14-8-17(5-4-15)9-16-14/h6-9H,4-5,15H2,1-3H3. The lowest BCUT2D eigenvalue weighted by atomic mass is 9.99. The van der Waals surface area contributed by atoms with Crippen LogP contribution in [-0.4, -0.2) is 16.1 Å². The van der Waals surface area contributed by atoms with Crippen molar-refractivity contribution in [1.29, 1.82) is 0 Å². The zero-order chi connectivity index (χ0) is 12.4. The van der Waals surface area contributed by atoms with Crippen LogP contribution in [0.5, 0.6) is 0 Å². The summed E-state index contributed by atoms with van der Waals surface area (Å²) in [6.45, 7) is 7.86. The third kappa shape index (κ3) is 2.39. The number of aryl methyl sites for hydroxylation is 3. The van der Waals surface area contributed by atoms with Gasteiger partial charge in [0.1, 0.15) is 0 Å². The van der Waals surface area contributed by atoms with Crippen molar-refractivity contribution in [3.05, 3.63) is 41.3 Å². The fourth-order valence-electron chi connectivity index (χ4n) is 2.01. The van der Waals surface area contributed by atoms with Crippen LogP contribution in [-0.2, 0) is 6.54 Å². The van der Waals surface area contributed by atoms with Crippen molar-refractivity contribution in [3.63, 3.8) is 0 Å². The summed E-state index contributed by atoms with van der Waals surface area (Å²) >= 11 is 0. The molecule has 0 spiro atoms. The van der Waals surface area contributed by atoms with Crippen molar-refractivity contribution >= 4 is 0 Å². The first kappa shape index (κ1) is 11.9. The van der Waals surface area contributed by atoms with Crippen molar-refractivity contribution in [3.8, 4) is 11.3 Å². The Hall–Kier alpha value is -1.61. The van der Waals surface area contributed by atoms with Gasteiger partial charge in [0.2, 0.25) is 0 Å². The molecule has 0 amide bonds. The average Bonchev–Trinajstić information content (AvgIpc) is 2.72. The molecule has 0 aliphatic carbocycles. The van der Waals surface area contributed by atoms with Gasteiger partial charge in [-0.3, -0.25) is 0 Å². The Morgan fingerprint density at radius 2 is 1.82 bits per heavy atom. The van der Waals surface area contributed by atoms with E-state index in [1.54, 1.807) is 0 Å². The molecule has 90 valence electrons. The maximum atomic E-state index is 5.53. The fourth-order valence-corrected chi connectivity index (χ4v) is 2.01. The van der Waals surface area contributed by atoms with Gasteiger partial charge in [-0.1, -0.05) is 6.07 Å². The molecule has 17 heavy (non-hydrogen) atoms. The van der Waals surface area contributed by atoms with Crippen LogP contribution < -0.4 is 5.73 Å². The highest BCUT2D eigenvalue weighted by Gasteiger charge is 2.07. The number of aromatic nitrogens is 2. The molecule has 0 radical (unpaired) electrons. The molecule has 0 fully saturated rings. The molecule has 0 unspecified atom stereocenters. The number of nitrogens with two attached hydrogens (primary N) is 1. The Morgan fingerprint density at radius 3 is 2.53 bits per heavy atom. The molecule has 1 aromatic heterocycles. The first-order valence-electron chi connectivity index (χ1n) is 5.92. The minimum absolute atomic E-state index is 0.641. The van der Waals surface area contributed by atoms with E-state index in [1.807, 2.05) is 10.9 Å². The van der Waals surface area contributed by atoms with Crippen molar-refractivity contribution in [2.75, 3.05) is 6.54 Å². The Balaban J connectivity index is 2.41. The van der Waals surface area contributed by atoms with Crippen molar-refractivity contribution in [2.45, 2.75) is 27.3 Å². The maximum Gasteiger partial charge on any atom is 0.0954 e. The van der Waals surface area contributed by atoms with Crippen LogP contribution in [0, 0.1) is 20.8 Å². The van der Waals surface area contributed by atoms with Gasteiger partial charge in [-0.25, -0.2) is 4.98 Å². The summed E-state index contributed by atoms with van der Waals surface area (Å²) in [5.41, 5.74) is 11.7. The zero-order valence-electron chi connectivity index (χ0n) is 10.7. The first-order valence-corrected chi connectivity index (χ1v) is 5.92. The van der Waals surface area contributed by atoms with E-state index in [4.69, 9.17) is 5.73 Å². The number of imidazole rings is 1. The molecular formula is C14H19N3. The van der Waals surface area contributed by atoms with Crippen LogP contribution in [0.3, 0.4) is 0 Å². The molecule has 3 heteroatoms. The quantitative estimate of drug-likeness (QED) is 0.878. The summed E-state index contributed by atoms with van der Waals surface area (Å²) < 4.78 is 2.03. The number of rotatable bonds is 3. The molecule has 1 aromatic carbocycles. The van der Waals surface area contributed by atoms with E-state index in [1.165, 1.54) is 22.3 Å². The van der Waals surface area contributed by atoms with E-state index in [9.17, 15) is 0 Å². The lowest BCUT2D eigenvalue weighted by molar-refractivity contribution is 0.708. The summed E-state index contributed by atoms with van der Waals surface area (Å²) in [5, 5.41) is 0. The van der Waals surface area contributed by atoms with Crippen LogP contribution in [0.25, 0.3) is 11.3 Å². The molecule has 1 heterocycles. The number of benzene rings is 1. The highest BCUT2D eigenvalue weighted by Crippen LogP contribution is 2.24. The predicted octanol–water partition coefficient (Wildman–Crippen LogP) is 2.43. The summed E-state index contributed by atoms with van der Waals surface area (Å²) in [5.74, 6) is 0.